The van der Waals surface area contributed by atoms with E-state index in [1.54, 1.807) is 0 Å². The van der Waals surface area contributed by atoms with Crippen molar-refractivity contribution in [3.8, 4) is 11.5 Å². The van der Waals surface area contributed by atoms with Crippen LogP contribution in [-0.2, 0) is 4.79 Å². The van der Waals surface area contributed by atoms with E-state index in [2.05, 4.69) is 4.74 Å². The number of rotatable bonds is 2. The van der Waals surface area contributed by atoms with Crippen LogP contribution in [-0.4, -0.2) is 11.6 Å². The third-order valence-corrected chi connectivity index (χ3v) is 1.18. The second kappa shape index (κ2) is 2.92. The zero-order chi connectivity index (χ0) is 8.27. The summed E-state index contributed by atoms with van der Waals surface area (Å²) in [5, 5.41) is 8.94. The Balaban J connectivity index is 2.95. The monoisotopic (exact) mass is 153 g/mol. The van der Waals surface area contributed by atoms with Gasteiger partial charge in [0.2, 0.25) is 0 Å². The Hall–Kier alpha value is -1.71. The van der Waals surface area contributed by atoms with Crippen molar-refractivity contribution in [2.45, 2.75) is 0 Å². The molecule has 0 aliphatic carbocycles. The standard InChI is InChI=1S/C7H7NO3/c8-6-3-5(11-4-9)1-2-7(6)10/h1-4,10H,8H2. The number of hydrogen-bond acceptors (Lipinski definition) is 4. The van der Waals surface area contributed by atoms with Crippen molar-refractivity contribution in [1.82, 2.24) is 0 Å². The van der Waals surface area contributed by atoms with Crippen LogP contribution in [0.15, 0.2) is 18.2 Å². The van der Waals surface area contributed by atoms with Gasteiger partial charge in [-0.25, -0.2) is 0 Å². The Morgan fingerprint density at radius 2 is 2.27 bits per heavy atom. The highest BCUT2D eigenvalue weighted by Crippen LogP contribution is 2.24. The summed E-state index contributed by atoms with van der Waals surface area (Å²) in [4.78, 5) is 9.84. The zero-order valence-electron chi connectivity index (χ0n) is 5.65. The average molecular weight is 153 g/mol. The van der Waals surface area contributed by atoms with Crippen LogP contribution in [0.4, 0.5) is 5.69 Å². The van der Waals surface area contributed by atoms with Crippen LogP contribution in [0, 0.1) is 0 Å². The molecule has 0 aromatic heterocycles. The topological polar surface area (TPSA) is 72.5 Å². The molecule has 0 atom stereocenters. The molecule has 4 heteroatoms. The molecule has 0 spiro atoms. The van der Waals surface area contributed by atoms with Gasteiger partial charge in [0.15, 0.2) is 0 Å². The molecule has 0 amide bonds. The first-order valence-corrected chi connectivity index (χ1v) is 2.93. The van der Waals surface area contributed by atoms with E-state index in [4.69, 9.17) is 10.8 Å². The molecule has 0 saturated heterocycles. The number of phenolic OH excluding ortho intramolecular Hbond substituents is 1. The number of anilines is 1. The predicted molar refractivity (Wildman–Crippen MR) is 39.2 cm³/mol. The molecular formula is C7H7NO3. The molecule has 4 nitrogen and oxygen atoms in total. The zero-order valence-corrected chi connectivity index (χ0v) is 5.65. The van der Waals surface area contributed by atoms with Crippen LogP contribution in [0.3, 0.4) is 0 Å². The fraction of sp³-hybridized carbons (Fsp3) is 0. The molecule has 3 N–H and O–H groups in total. The fourth-order valence-corrected chi connectivity index (χ4v) is 0.661. The van der Waals surface area contributed by atoms with Gasteiger partial charge < -0.3 is 15.6 Å². The van der Waals surface area contributed by atoms with Crippen LogP contribution >= 0.6 is 0 Å². The van der Waals surface area contributed by atoms with E-state index in [0.717, 1.165) is 0 Å². The number of carbonyl (C=O) groups excluding carboxylic acids is 1. The maximum atomic E-state index is 9.84. The smallest absolute Gasteiger partial charge is 0.298 e. The molecule has 1 aromatic rings. The second-order valence-corrected chi connectivity index (χ2v) is 1.93. The van der Waals surface area contributed by atoms with Crippen LogP contribution in [0.5, 0.6) is 11.5 Å². The first kappa shape index (κ1) is 7.40. The third-order valence-electron chi connectivity index (χ3n) is 1.18. The first-order valence-electron chi connectivity index (χ1n) is 2.93. The summed E-state index contributed by atoms with van der Waals surface area (Å²) in [5.74, 6) is 0.290. The molecule has 0 bridgehead atoms. The van der Waals surface area contributed by atoms with Gasteiger partial charge in [0.25, 0.3) is 6.47 Å². The van der Waals surface area contributed by atoms with Crippen molar-refractivity contribution in [3.05, 3.63) is 18.2 Å². The normalized spacial score (nSPS) is 9.09. The van der Waals surface area contributed by atoms with Crippen molar-refractivity contribution in [2.24, 2.45) is 0 Å². The molecule has 0 aliphatic heterocycles. The second-order valence-electron chi connectivity index (χ2n) is 1.93. The maximum Gasteiger partial charge on any atom is 0.298 e. The lowest BCUT2D eigenvalue weighted by Crippen LogP contribution is -1.90. The first-order chi connectivity index (χ1) is 5.24. The number of hydrogen-bond donors (Lipinski definition) is 2. The largest absolute Gasteiger partial charge is 0.506 e. The highest BCUT2D eigenvalue weighted by molar-refractivity contribution is 5.57. The number of nitrogen functional groups attached to an aromatic ring is 1. The Morgan fingerprint density at radius 3 is 2.82 bits per heavy atom. The molecule has 11 heavy (non-hydrogen) atoms. The van der Waals surface area contributed by atoms with E-state index >= 15 is 0 Å². The van der Waals surface area contributed by atoms with E-state index in [1.807, 2.05) is 0 Å². The lowest BCUT2D eigenvalue weighted by molar-refractivity contribution is -0.120. The number of nitrogens with two attached hydrogens (primary N) is 1. The quantitative estimate of drug-likeness (QED) is 0.369. The van der Waals surface area contributed by atoms with Crippen LogP contribution in [0.2, 0.25) is 0 Å². The summed E-state index contributed by atoms with van der Waals surface area (Å²) in [5.41, 5.74) is 5.49. The summed E-state index contributed by atoms with van der Waals surface area (Å²) in [6.07, 6.45) is 0. The van der Waals surface area contributed by atoms with Gasteiger partial charge >= 0.3 is 0 Å². The van der Waals surface area contributed by atoms with Crippen LogP contribution in [0.1, 0.15) is 0 Å². The highest BCUT2D eigenvalue weighted by Gasteiger charge is 1.97. The number of carbonyl (C=O) groups is 1. The van der Waals surface area contributed by atoms with Gasteiger partial charge in [-0.2, -0.15) is 0 Å². The molecule has 0 fully saturated rings. The van der Waals surface area contributed by atoms with Gasteiger partial charge in [0.1, 0.15) is 11.5 Å². The van der Waals surface area contributed by atoms with Crippen molar-refractivity contribution >= 4 is 12.2 Å². The van der Waals surface area contributed by atoms with Crippen molar-refractivity contribution in [2.75, 3.05) is 5.73 Å². The van der Waals surface area contributed by atoms with Gasteiger partial charge in [-0.3, -0.25) is 4.79 Å². The molecule has 0 heterocycles. The van der Waals surface area contributed by atoms with Gasteiger partial charge in [0.05, 0.1) is 5.69 Å². The summed E-state index contributed by atoms with van der Waals surface area (Å²) in [7, 11) is 0. The van der Waals surface area contributed by atoms with E-state index in [9.17, 15) is 4.79 Å². The Kier molecular flexibility index (Phi) is 1.96. The molecule has 0 aliphatic rings. The molecular weight excluding hydrogens is 146 g/mol. The summed E-state index contributed by atoms with van der Waals surface area (Å²) in [6, 6.07) is 4.16. The highest BCUT2D eigenvalue weighted by atomic mass is 16.5. The Morgan fingerprint density at radius 1 is 1.55 bits per heavy atom. The SMILES string of the molecule is Nc1cc(OC=O)ccc1O. The number of ether oxygens (including phenoxy) is 1. The van der Waals surface area contributed by atoms with Crippen molar-refractivity contribution in [3.63, 3.8) is 0 Å². The summed E-state index contributed by atoms with van der Waals surface area (Å²) in [6.45, 7) is 0.297. The van der Waals surface area contributed by atoms with E-state index in [0.29, 0.717) is 12.2 Å². The van der Waals surface area contributed by atoms with E-state index < -0.39 is 0 Å². The minimum atomic E-state index is -0.0248. The van der Waals surface area contributed by atoms with Crippen molar-refractivity contribution < 1.29 is 14.6 Å². The Bertz CT molecular complexity index is 272. The van der Waals surface area contributed by atoms with Gasteiger partial charge in [-0.15, -0.1) is 0 Å². The lowest BCUT2D eigenvalue weighted by atomic mass is 10.3. The lowest BCUT2D eigenvalue weighted by Gasteiger charge is -2.00. The number of benzene rings is 1. The van der Waals surface area contributed by atoms with Crippen molar-refractivity contribution in [1.29, 1.82) is 0 Å². The fourth-order valence-electron chi connectivity index (χ4n) is 0.661. The number of aromatic hydroxyl groups is 1. The molecule has 0 saturated carbocycles. The molecule has 1 rings (SSSR count). The summed E-state index contributed by atoms with van der Waals surface area (Å²) >= 11 is 0. The minimum absolute atomic E-state index is 0.0248. The summed E-state index contributed by atoms with van der Waals surface area (Å²) < 4.78 is 4.47. The van der Waals surface area contributed by atoms with Crippen LogP contribution in [0.25, 0.3) is 0 Å². The molecule has 0 radical (unpaired) electrons. The third kappa shape index (κ3) is 1.61. The molecule has 58 valence electrons. The van der Waals surface area contributed by atoms with E-state index in [-0.39, 0.29) is 11.4 Å². The predicted octanol–water partition coefficient (Wildman–Crippen LogP) is 0.510. The molecule has 1 aromatic carbocycles. The van der Waals surface area contributed by atoms with Gasteiger partial charge in [-0.1, -0.05) is 0 Å². The number of phenols is 1. The van der Waals surface area contributed by atoms with Gasteiger partial charge in [-0.05, 0) is 12.1 Å². The molecule has 0 unspecified atom stereocenters. The maximum absolute atomic E-state index is 9.84. The minimum Gasteiger partial charge on any atom is -0.506 e. The Labute approximate surface area is 63.2 Å². The van der Waals surface area contributed by atoms with Crippen LogP contribution < -0.4 is 10.5 Å². The van der Waals surface area contributed by atoms with E-state index in [1.165, 1.54) is 18.2 Å². The average Bonchev–Trinajstić information content (AvgIpc) is 1.98. The van der Waals surface area contributed by atoms with Gasteiger partial charge in [0, 0.05) is 6.07 Å².